The van der Waals surface area contributed by atoms with Gasteiger partial charge in [0.2, 0.25) is 5.88 Å². The van der Waals surface area contributed by atoms with E-state index in [0.717, 1.165) is 34.3 Å². The molecule has 0 amide bonds. The minimum Gasteiger partial charge on any atom is -0.503 e. The highest BCUT2D eigenvalue weighted by atomic mass is 16.5. The van der Waals surface area contributed by atoms with E-state index in [1.807, 2.05) is 95.6 Å². The Morgan fingerprint density at radius 1 is 0.718 bits per heavy atom. The van der Waals surface area contributed by atoms with Crippen molar-refractivity contribution in [2.24, 2.45) is 0 Å². The number of anilines is 3. The van der Waals surface area contributed by atoms with E-state index >= 15 is 0 Å². The summed E-state index contributed by atoms with van der Waals surface area (Å²) >= 11 is 0. The topological polar surface area (TPSA) is 66.7 Å². The molecule has 0 spiro atoms. The molecule has 4 aromatic carbocycles. The number of benzene rings is 4. The standard InChI is InChI=1S/C32H25N5O2/c1-35-21-36(26-16-9-8-15-25(26)35)28-17-10-18-29(34-28)39-27-20-19-24-30(31(27)38)37(23-13-6-3-7-14-23)32(33-24)22-11-4-2-5-12-22/h2-20,38H,21H2,1H3. The first-order chi connectivity index (χ1) is 19.2. The summed E-state index contributed by atoms with van der Waals surface area (Å²) in [6, 6.07) is 37.4. The SMILES string of the molecule is CN1CN(c2cccc(Oc3ccc4nc(-c5ccccc5)n(-c5ccccc5)c4c3O)n2)c2ccccc21. The van der Waals surface area contributed by atoms with Crippen LogP contribution in [0, 0.1) is 0 Å². The monoisotopic (exact) mass is 511 g/mol. The van der Waals surface area contributed by atoms with Crippen LogP contribution in [0.2, 0.25) is 0 Å². The minimum absolute atomic E-state index is 0.00416. The molecule has 0 fully saturated rings. The molecule has 0 saturated carbocycles. The molecule has 6 aromatic rings. The largest absolute Gasteiger partial charge is 0.503 e. The van der Waals surface area contributed by atoms with E-state index in [1.165, 1.54) is 0 Å². The lowest BCUT2D eigenvalue weighted by molar-refractivity contribution is 0.406. The van der Waals surface area contributed by atoms with Gasteiger partial charge in [-0.3, -0.25) is 4.57 Å². The Balaban J connectivity index is 1.30. The number of imidazole rings is 1. The molecular weight excluding hydrogens is 486 g/mol. The fourth-order valence-electron chi connectivity index (χ4n) is 5.12. The Kier molecular flexibility index (Phi) is 5.41. The van der Waals surface area contributed by atoms with E-state index in [4.69, 9.17) is 14.7 Å². The van der Waals surface area contributed by atoms with Gasteiger partial charge in [0.15, 0.2) is 11.5 Å². The summed E-state index contributed by atoms with van der Waals surface area (Å²) in [7, 11) is 2.06. The molecule has 190 valence electrons. The zero-order valence-electron chi connectivity index (χ0n) is 21.3. The second-order valence-corrected chi connectivity index (χ2v) is 9.44. The molecule has 0 aliphatic carbocycles. The minimum atomic E-state index is 0.00416. The second kappa shape index (κ2) is 9.22. The smallest absolute Gasteiger partial charge is 0.221 e. The van der Waals surface area contributed by atoms with Gasteiger partial charge in [-0.25, -0.2) is 4.98 Å². The van der Waals surface area contributed by atoms with Crippen LogP contribution in [0.1, 0.15) is 0 Å². The van der Waals surface area contributed by atoms with E-state index in [2.05, 4.69) is 29.0 Å². The Labute approximate surface area is 225 Å². The molecule has 1 N–H and O–H groups in total. The van der Waals surface area contributed by atoms with Crippen molar-refractivity contribution in [1.29, 1.82) is 0 Å². The Morgan fingerprint density at radius 3 is 2.23 bits per heavy atom. The summed E-state index contributed by atoms with van der Waals surface area (Å²) in [5, 5.41) is 11.5. The first-order valence-corrected chi connectivity index (χ1v) is 12.8. The third-order valence-electron chi connectivity index (χ3n) is 6.94. The number of hydrogen-bond donors (Lipinski definition) is 1. The van der Waals surface area contributed by atoms with Crippen LogP contribution in [-0.2, 0) is 0 Å². The first-order valence-electron chi connectivity index (χ1n) is 12.8. The molecule has 0 atom stereocenters. The van der Waals surface area contributed by atoms with Crippen LogP contribution in [0.15, 0.2) is 115 Å². The number of rotatable bonds is 5. The van der Waals surface area contributed by atoms with Crippen molar-refractivity contribution in [3.05, 3.63) is 115 Å². The van der Waals surface area contributed by atoms with Crippen molar-refractivity contribution in [2.45, 2.75) is 0 Å². The molecule has 7 rings (SSSR count). The fraction of sp³-hybridized carbons (Fsp3) is 0.0625. The quantitative estimate of drug-likeness (QED) is 0.266. The maximum Gasteiger partial charge on any atom is 0.221 e. The van der Waals surface area contributed by atoms with Gasteiger partial charge >= 0.3 is 0 Å². The lowest BCUT2D eigenvalue weighted by Gasteiger charge is -2.19. The number of phenolic OH excluding ortho intramolecular Hbond substituents is 1. The third-order valence-corrected chi connectivity index (χ3v) is 6.94. The Morgan fingerprint density at radius 2 is 1.44 bits per heavy atom. The van der Waals surface area contributed by atoms with Gasteiger partial charge in [-0.2, -0.15) is 4.98 Å². The average Bonchev–Trinajstić information content (AvgIpc) is 3.55. The van der Waals surface area contributed by atoms with Crippen molar-refractivity contribution in [3.63, 3.8) is 0 Å². The van der Waals surface area contributed by atoms with E-state index < -0.39 is 0 Å². The average molecular weight is 512 g/mol. The van der Waals surface area contributed by atoms with E-state index in [1.54, 1.807) is 12.1 Å². The van der Waals surface area contributed by atoms with Crippen LogP contribution < -0.4 is 14.5 Å². The summed E-state index contributed by atoms with van der Waals surface area (Å²) < 4.78 is 8.16. The zero-order chi connectivity index (χ0) is 26.3. The highest BCUT2D eigenvalue weighted by Crippen LogP contribution is 2.42. The van der Waals surface area contributed by atoms with Crippen molar-refractivity contribution in [2.75, 3.05) is 23.5 Å². The number of nitrogens with zero attached hydrogens (tertiary/aromatic N) is 5. The molecule has 3 heterocycles. The molecule has 7 nitrogen and oxygen atoms in total. The second-order valence-electron chi connectivity index (χ2n) is 9.44. The number of hydrogen-bond acceptors (Lipinski definition) is 6. The summed E-state index contributed by atoms with van der Waals surface area (Å²) in [5.41, 5.74) is 5.32. The van der Waals surface area contributed by atoms with Crippen LogP contribution in [0.5, 0.6) is 17.4 Å². The van der Waals surface area contributed by atoms with Gasteiger partial charge in [0.1, 0.15) is 17.2 Å². The van der Waals surface area contributed by atoms with Gasteiger partial charge in [-0.1, -0.05) is 66.7 Å². The molecular formula is C32H25N5O2. The predicted molar refractivity (Wildman–Crippen MR) is 154 cm³/mol. The number of phenols is 1. The van der Waals surface area contributed by atoms with Gasteiger partial charge in [0.25, 0.3) is 0 Å². The summed E-state index contributed by atoms with van der Waals surface area (Å²) in [6.45, 7) is 0.686. The van der Waals surface area contributed by atoms with E-state index in [9.17, 15) is 5.11 Å². The molecule has 0 unspecified atom stereocenters. The van der Waals surface area contributed by atoms with Gasteiger partial charge in [0, 0.05) is 24.4 Å². The predicted octanol–water partition coefficient (Wildman–Crippen LogP) is 7.13. The normalized spacial score (nSPS) is 12.6. The maximum absolute atomic E-state index is 11.5. The molecule has 2 aromatic heterocycles. The maximum atomic E-state index is 11.5. The van der Waals surface area contributed by atoms with Crippen LogP contribution in [0.25, 0.3) is 28.1 Å². The Hall–Kier alpha value is -5.30. The lowest BCUT2D eigenvalue weighted by Crippen LogP contribution is -2.24. The van der Waals surface area contributed by atoms with Gasteiger partial charge in [-0.15, -0.1) is 0 Å². The lowest BCUT2D eigenvalue weighted by atomic mass is 10.2. The van der Waals surface area contributed by atoms with Crippen molar-refractivity contribution < 1.29 is 9.84 Å². The van der Waals surface area contributed by atoms with Crippen LogP contribution in [-0.4, -0.2) is 33.4 Å². The summed E-state index contributed by atoms with van der Waals surface area (Å²) in [4.78, 5) is 14.0. The van der Waals surface area contributed by atoms with Crippen LogP contribution >= 0.6 is 0 Å². The van der Waals surface area contributed by atoms with Crippen molar-refractivity contribution in [1.82, 2.24) is 14.5 Å². The number of para-hydroxylation sites is 3. The third kappa shape index (κ3) is 3.92. The Bertz CT molecular complexity index is 1800. The number of aromatic hydroxyl groups is 1. The molecule has 1 aliphatic rings. The van der Waals surface area contributed by atoms with Crippen molar-refractivity contribution in [3.8, 4) is 34.5 Å². The van der Waals surface area contributed by atoms with Gasteiger partial charge in [-0.05, 0) is 42.5 Å². The summed E-state index contributed by atoms with van der Waals surface area (Å²) in [6.07, 6.45) is 0. The number of fused-ring (bicyclic) bond motifs is 2. The number of pyridine rings is 1. The zero-order valence-corrected chi connectivity index (χ0v) is 21.3. The number of aromatic nitrogens is 3. The molecule has 7 heteroatoms. The fourth-order valence-corrected chi connectivity index (χ4v) is 5.12. The molecule has 39 heavy (non-hydrogen) atoms. The van der Waals surface area contributed by atoms with Crippen LogP contribution in [0.4, 0.5) is 17.2 Å². The highest BCUT2D eigenvalue weighted by Gasteiger charge is 2.25. The van der Waals surface area contributed by atoms with Crippen LogP contribution in [0.3, 0.4) is 0 Å². The van der Waals surface area contributed by atoms with Gasteiger partial charge in [0.05, 0.1) is 23.6 Å². The molecule has 0 saturated heterocycles. The van der Waals surface area contributed by atoms with E-state index in [0.29, 0.717) is 29.3 Å². The highest BCUT2D eigenvalue weighted by molar-refractivity contribution is 5.90. The molecule has 0 radical (unpaired) electrons. The number of ether oxygens (including phenoxy) is 1. The van der Waals surface area contributed by atoms with E-state index in [-0.39, 0.29) is 5.75 Å². The first kappa shape index (κ1) is 22.9. The summed E-state index contributed by atoms with van der Waals surface area (Å²) in [5.74, 6) is 2.21. The molecule has 1 aliphatic heterocycles. The molecule has 0 bridgehead atoms. The van der Waals surface area contributed by atoms with Gasteiger partial charge < -0.3 is 19.6 Å². The van der Waals surface area contributed by atoms with Crippen molar-refractivity contribution >= 4 is 28.2 Å².